The summed E-state index contributed by atoms with van der Waals surface area (Å²) < 4.78 is 0. The number of carbonyl (C=O) groups is 2. The summed E-state index contributed by atoms with van der Waals surface area (Å²) in [6.45, 7) is 1.08. The van der Waals surface area contributed by atoms with Crippen molar-refractivity contribution >= 4 is 17.5 Å². The van der Waals surface area contributed by atoms with Gasteiger partial charge in [-0.25, -0.2) is 0 Å². The summed E-state index contributed by atoms with van der Waals surface area (Å²) in [5.74, 6) is -0.286. The Bertz CT molecular complexity index is 1000. The zero-order valence-electron chi connectivity index (χ0n) is 15.5. The highest BCUT2D eigenvalue weighted by molar-refractivity contribution is 6.08. The summed E-state index contributed by atoms with van der Waals surface area (Å²) in [7, 11) is 0. The van der Waals surface area contributed by atoms with E-state index in [0.717, 1.165) is 24.1 Å². The molecule has 1 aromatic heterocycles. The van der Waals surface area contributed by atoms with E-state index in [1.165, 1.54) is 5.56 Å². The van der Waals surface area contributed by atoms with Crippen LogP contribution in [-0.4, -0.2) is 23.3 Å². The maximum absolute atomic E-state index is 13.1. The van der Waals surface area contributed by atoms with Crippen molar-refractivity contribution in [2.45, 2.75) is 19.4 Å². The number of benzene rings is 2. The number of pyridine rings is 1. The third kappa shape index (κ3) is 3.78. The molecule has 2 amide bonds. The molecule has 140 valence electrons. The average molecular weight is 371 g/mol. The van der Waals surface area contributed by atoms with E-state index in [1.807, 2.05) is 35.2 Å². The van der Waals surface area contributed by atoms with Crippen LogP contribution < -0.4 is 10.2 Å². The van der Waals surface area contributed by atoms with E-state index in [1.54, 1.807) is 36.7 Å². The minimum absolute atomic E-state index is 0.0749. The number of hydrogen-bond acceptors (Lipinski definition) is 3. The highest BCUT2D eigenvalue weighted by Crippen LogP contribution is 2.28. The van der Waals surface area contributed by atoms with Gasteiger partial charge in [-0.05, 0) is 54.3 Å². The van der Waals surface area contributed by atoms with Crippen molar-refractivity contribution in [1.29, 1.82) is 0 Å². The highest BCUT2D eigenvalue weighted by Gasteiger charge is 2.23. The first-order valence-electron chi connectivity index (χ1n) is 9.39. The highest BCUT2D eigenvalue weighted by atomic mass is 16.2. The van der Waals surface area contributed by atoms with Gasteiger partial charge in [0.1, 0.15) is 0 Å². The molecule has 0 bridgehead atoms. The molecule has 5 heteroatoms. The second kappa shape index (κ2) is 8.05. The molecule has 0 radical (unpaired) electrons. The van der Waals surface area contributed by atoms with Gasteiger partial charge in [0.25, 0.3) is 11.8 Å². The van der Waals surface area contributed by atoms with Crippen LogP contribution in [0.2, 0.25) is 0 Å². The topological polar surface area (TPSA) is 62.3 Å². The van der Waals surface area contributed by atoms with Gasteiger partial charge in [0.15, 0.2) is 0 Å². The van der Waals surface area contributed by atoms with Crippen molar-refractivity contribution < 1.29 is 9.59 Å². The Balaban J connectivity index is 1.51. The van der Waals surface area contributed by atoms with E-state index in [0.29, 0.717) is 24.2 Å². The number of nitrogens with one attached hydrogen (secondary N) is 1. The third-order valence-corrected chi connectivity index (χ3v) is 4.90. The Kier molecular flexibility index (Phi) is 5.15. The third-order valence-electron chi connectivity index (χ3n) is 4.90. The van der Waals surface area contributed by atoms with E-state index in [2.05, 4.69) is 16.4 Å². The lowest BCUT2D eigenvalue weighted by atomic mass is 10.0. The van der Waals surface area contributed by atoms with Crippen molar-refractivity contribution in [2.24, 2.45) is 0 Å². The maximum Gasteiger partial charge on any atom is 0.258 e. The summed E-state index contributed by atoms with van der Waals surface area (Å²) in [5.41, 5.74) is 4.07. The van der Waals surface area contributed by atoms with E-state index in [4.69, 9.17) is 0 Å². The predicted octanol–water partition coefficient (Wildman–Crippen LogP) is 3.60. The molecular weight excluding hydrogens is 350 g/mol. The molecule has 2 heterocycles. The molecule has 0 fully saturated rings. The molecule has 0 atom stereocenters. The Morgan fingerprint density at radius 1 is 1.00 bits per heavy atom. The molecule has 1 aliphatic rings. The molecule has 5 nitrogen and oxygen atoms in total. The molecule has 0 saturated heterocycles. The second-order valence-corrected chi connectivity index (χ2v) is 6.81. The van der Waals surface area contributed by atoms with Crippen LogP contribution in [0.25, 0.3) is 0 Å². The van der Waals surface area contributed by atoms with Crippen molar-refractivity contribution in [1.82, 2.24) is 10.3 Å². The fourth-order valence-electron chi connectivity index (χ4n) is 3.48. The summed E-state index contributed by atoms with van der Waals surface area (Å²) in [4.78, 5) is 31.5. The van der Waals surface area contributed by atoms with E-state index in [-0.39, 0.29) is 11.8 Å². The number of aromatic nitrogens is 1. The van der Waals surface area contributed by atoms with Crippen LogP contribution in [0.3, 0.4) is 0 Å². The molecule has 1 aliphatic heterocycles. The van der Waals surface area contributed by atoms with Crippen LogP contribution in [0.15, 0.2) is 73.1 Å². The summed E-state index contributed by atoms with van der Waals surface area (Å²) >= 11 is 0. The Hall–Kier alpha value is -3.47. The normalized spacial score (nSPS) is 12.9. The van der Waals surface area contributed by atoms with Gasteiger partial charge < -0.3 is 10.2 Å². The Morgan fingerprint density at radius 3 is 2.71 bits per heavy atom. The molecule has 3 aromatic rings. The largest absolute Gasteiger partial charge is 0.348 e. The second-order valence-electron chi connectivity index (χ2n) is 6.81. The van der Waals surface area contributed by atoms with Gasteiger partial charge >= 0.3 is 0 Å². The zero-order chi connectivity index (χ0) is 19.3. The lowest BCUT2D eigenvalue weighted by molar-refractivity contribution is 0.0951. The lowest BCUT2D eigenvalue weighted by Gasteiger charge is -2.29. The molecule has 0 unspecified atom stereocenters. The van der Waals surface area contributed by atoms with Gasteiger partial charge in [0.05, 0.1) is 0 Å². The van der Waals surface area contributed by atoms with E-state index < -0.39 is 0 Å². The minimum atomic E-state index is -0.211. The van der Waals surface area contributed by atoms with Crippen molar-refractivity contribution in [2.75, 3.05) is 11.4 Å². The summed E-state index contributed by atoms with van der Waals surface area (Å²) in [6, 6.07) is 18.6. The van der Waals surface area contributed by atoms with Gasteiger partial charge in [-0.1, -0.05) is 30.3 Å². The maximum atomic E-state index is 13.1. The zero-order valence-corrected chi connectivity index (χ0v) is 15.5. The van der Waals surface area contributed by atoms with Gasteiger partial charge in [-0.2, -0.15) is 0 Å². The van der Waals surface area contributed by atoms with Gasteiger partial charge in [0, 0.05) is 42.3 Å². The number of fused-ring (bicyclic) bond motifs is 1. The first-order valence-corrected chi connectivity index (χ1v) is 9.39. The van der Waals surface area contributed by atoms with Crippen molar-refractivity contribution in [3.8, 4) is 0 Å². The van der Waals surface area contributed by atoms with Crippen LogP contribution in [0, 0.1) is 0 Å². The van der Waals surface area contributed by atoms with Crippen LogP contribution in [-0.2, 0) is 13.0 Å². The van der Waals surface area contributed by atoms with E-state index in [9.17, 15) is 9.59 Å². The number of rotatable bonds is 4. The molecule has 0 spiro atoms. The fourth-order valence-corrected chi connectivity index (χ4v) is 3.48. The number of hydrogen-bond donors (Lipinski definition) is 1. The number of carbonyl (C=O) groups excluding carboxylic acids is 2. The van der Waals surface area contributed by atoms with Crippen molar-refractivity contribution in [3.63, 3.8) is 0 Å². The van der Waals surface area contributed by atoms with Crippen molar-refractivity contribution in [3.05, 3.63) is 95.3 Å². The summed E-state index contributed by atoms with van der Waals surface area (Å²) in [5, 5.41) is 2.87. The smallest absolute Gasteiger partial charge is 0.258 e. The first-order chi connectivity index (χ1) is 13.7. The van der Waals surface area contributed by atoms with Crippen LogP contribution in [0.4, 0.5) is 5.69 Å². The summed E-state index contributed by atoms with van der Waals surface area (Å²) in [6.07, 6.45) is 5.33. The number of aryl methyl sites for hydroxylation is 1. The molecule has 4 rings (SSSR count). The first kappa shape index (κ1) is 17.9. The molecular formula is C23H21N3O2. The van der Waals surface area contributed by atoms with Gasteiger partial charge in [-0.15, -0.1) is 0 Å². The average Bonchev–Trinajstić information content (AvgIpc) is 2.77. The van der Waals surface area contributed by atoms with Gasteiger partial charge in [-0.3, -0.25) is 14.6 Å². The number of anilines is 1. The molecule has 28 heavy (non-hydrogen) atoms. The monoisotopic (exact) mass is 371 g/mol. The molecule has 0 aliphatic carbocycles. The van der Waals surface area contributed by atoms with Crippen LogP contribution >= 0.6 is 0 Å². The Labute approximate surface area is 164 Å². The van der Waals surface area contributed by atoms with Crippen LogP contribution in [0.5, 0.6) is 0 Å². The lowest BCUT2D eigenvalue weighted by Crippen LogP contribution is -2.35. The SMILES string of the molecule is O=C(NCc1cccnc1)c1cccc(C(=O)N2CCCc3ccccc32)c1. The minimum Gasteiger partial charge on any atom is -0.348 e. The predicted molar refractivity (Wildman–Crippen MR) is 108 cm³/mol. The van der Waals surface area contributed by atoms with Crippen LogP contribution in [0.1, 0.15) is 38.3 Å². The number of para-hydroxylation sites is 1. The Morgan fingerprint density at radius 2 is 1.86 bits per heavy atom. The molecule has 1 N–H and O–H groups in total. The molecule has 2 aromatic carbocycles. The van der Waals surface area contributed by atoms with Gasteiger partial charge in [0.2, 0.25) is 0 Å². The van der Waals surface area contributed by atoms with E-state index >= 15 is 0 Å². The number of amides is 2. The quantitative estimate of drug-likeness (QED) is 0.762. The standard InChI is InChI=1S/C23H21N3O2/c27-22(25-16-17-6-4-12-24-15-17)19-8-3-9-20(14-19)23(28)26-13-5-10-18-7-1-2-11-21(18)26/h1-4,6-9,11-12,14-15H,5,10,13,16H2,(H,25,27). The fraction of sp³-hybridized carbons (Fsp3) is 0.174. The number of nitrogens with zero attached hydrogens (tertiary/aromatic N) is 2. The molecule has 0 saturated carbocycles.